The van der Waals surface area contributed by atoms with Gasteiger partial charge in [0.1, 0.15) is 0 Å². The zero-order valence-corrected chi connectivity index (χ0v) is 33.1. The first-order valence-corrected chi connectivity index (χ1v) is 18.7. The smallest absolute Gasteiger partial charge is 0.550 e. The van der Waals surface area contributed by atoms with E-state index in [1.807, 2.05) is 0 Å². The van der Waals surface area contributed by atoms with Crippen molar-refractivity contribution in [2.24, 2.45) is 0 Å². The molecule has 0 saturated carbocycles. The summed E-state index contributed by atoms with van der Waals surface area (Å²) < 4.78 is 0. The topological polar surface area (TPSA) is 120 Å². The second-order valence-electron chi connectivity index (χ2n) is 12.1. The third-order valence-corrected chi connectivity index (χ3v) is 7.45. The van der Waals surface area contributed by atoms with Gasteiger partial charge in [0.15, 0.2) is 0 Å². The molecule has 0 aliphatic rings. The summed E-state index contributed by atoms with van der Waals surface area (Å²) in [6.45, 7) is 13.2. The van der Waals surface area contributed by atoms with E-state index >= 15 is 0 Å². The van der Waals surface area contributed by atoms with Gasteiger partial charge >= 0.3 is 26.2 Å². The van der Waals surface area contributed by atoms with Crippen LogP contribution < -0.4 is 15.3 Å². The van der Waals surface area contributed by atoms with Crippen molar-refractivity contribution in [2.45, 2.75) is 213 Å². The van der Waals surface area contributed by atoms with Gasteiger partial charge in [0, 0.05) is 17.9 Å². The number of carbonyl (C=O) groups excluding carboxylic acids is 3. The Kier molecular flexibility index (Phi) is 63.1. The zero-order valence-electron chi connectivity index (χ0n) is 30.7. The van der Waals surface area contributed by atoms with E-state index in [4.69, 9.17) is 0 Å². The molecule has 0 saturated heterocycles. The van der Waals surface area contributed by atoms with Gasteiger partial charge in [-0.25, -0.2) is 19.6 Å². The van der Waals surface area contributed by atoms with Crippen LogP contribution in [-0.4, -0.2) is 17.9 Å². The van der Waals surface area contributed by atoms with Gasteiger partial charge in [-0.1, -0.05) is 175 Å². The van der Waals surface area contributed by atoms with Gasteiger partial charge in [0.2, 0.25) is 0 Å². The maximum Gasteiger partial charge on any atom is 4.00 e. The molecular formula is C39H74O6Zr. The Morgan fingerprint density at radius 3 is 0.674 bits per heavy atom. The summed E-state index contributed by atoms with van der Waals surface area (Å²) in [5.74, 6) is -2.73. The summed E-state index contributed by atoms with van der Waals surface area (Å²) in [6.07, 6.45) is 35.0. The first-order valence-electron chi connectivity index (χ1n) is 18.7. The van der Waals surface area contributed by atoms with Crippen molar-refractivity contribution >= 4 is 17.9 Å². The number of hydrogen-bond donors (Lipinski definition) is 0. The Balaban J connectivity index is -0.000000173. The van der Waals surface area contributed by atoms with E-state index in [1.54, 1.807) is 0 Å². The monoisotopic (exact) mass is 728 g/mol. The molecule has 0 atom stereocenters. The average Bonchev–Trinajstić information content (AvgIpc) is 2.99. The van der Waals surface area contributed by atoms with E-state index in [0.717, 1.165) is 38.5 Å². The van der Waals surface area contributed by atoms with E-state index in [1.165, 1.54) is 141 Å². The molecular weight excluding hydrogens is 656 g/mol. The predicted octanol–water partition coefficient (Wildman–Crippen LogP) is 8.98. The van der Waals surface area contributed by atoms with Crippen LogP contribution in [0.2, 0.25) is 0 Å². The fourth-order valence-corrected chi connectivity index (χ4v) is 4.74. The number of carboxylic acid groups (broad SMARTS) is 3. The molecule has 0 aromatic heterocycles. The van der Waals surface area contributed by atoms with Crippen molar-refractivity contribution in [3.05, 3.63) is 19.6 Å². The van der Waals surface area contributed by atoms with Gasteiger partial charge in [0.25, 0.3) is 0 Å². The number of aliphatic carboxylic acids is 3. The standard InChI is InChI=1S/3C12H24O2.C3H5.Zr/c3*1-2-3-4-5-6-7-8-9-10-11-12(13)14;1-3-2;/h3*2-11H2,1H3,(H,13,14);3H,1-2H2;/q;;;-1;+4/p-3. The van der Waals surface area contributed by atoms with Gasteiger partial charge in [-0.05, 0) is 38.5 Å². The molecule has 0 bridgehead atoms. The third-order valence-electron chi connectivity index (χ3n) is 7.45. The molecule has 0 radical (unpaired) electrons. The van der Waals surface area contributed by atoms with E-state index in [-0.39, 0.29) is 45.5 Å². The molecule has 270 valence electrons. The summed E-state index contributed by atoms with van der Waals surface area (Å²) in [7, 11) is 0. The minimum Gasteiger partial charge on any atom is -0.550 e. The first kappa shape index (κ1) is 54.4. The zero-order chi connectivity index (χ0) is 34.7. The minimum atomic E-state index is -0.909. The van der Waals surface area contributed by atoms with Gasteiger partial charge in [0.05, 0.1) is 0 Å². The van der Waals surface area contributed by atoms with Gasteiger partial charge in [-0.3, -0.25) is 0 Å². The summed E-state index contributed by atoms with van der Waals surface area (Å²) in [5.41, 5.74) is 0. The van der Waals surface area contributed by atoms with Gasteiger partial charge in [-0.15, -0.1) is 0 Å². The van der Waals surface area contributed by atoms with Crippen LogP contribution in [-0.2, 0) is 40.6 Å². The Morgan fingerprint density at radius 2 is 0.543 bits per heavy atom. The number of rotatable bonds is 30. The van der Waals surface area contributed by atoms with Crippen molar-refractivity contribution in [3.8, 4) is 0 Å². The predicted molar refractivity (Wildman–Crippen MR) is 186 cm³/mol. The number of unbranched alkanes of at least 4 members (excludes halogenated alkanes) is 24. The molecule has 46 heavy (non-hydrogen) atoms. The molecule has 0 N–H and O–H groups in total. The van der Waals surface area contributed by atoms with E-state index in [9.17, 15) is 29.7 Å². The van der Waals surface area contributed by atoms with Crippen LogP contribution in [0.4, 0.5) is 0 Å². The summed E-state index contributed by atoms with van der Waals surface area (Å²) in [6, 6.07) is 0. The largest absolute Gasteiger partial charge is 4.00 e. The third kappa shape index (κ3) is 74.0. The van der Waals surface area contributed by atoms with Crippen LogP contribution in [0.5, 0.6) is 0 Å². The van der Waals surface area contributed by atoms with Crippen LogP contribution in [0.1, 0.15) is 213 Å². The van der Waals surface area contributed by atoms with Crippen LogP contribution in [0.3, 0.4) is 0 Å². The molecule has 6 nitrogen and oxygen atoms in total. The maximum atomic E-state index is 10.1. The minimum absolute atomic E-state index is 0. The van der Waals surface area contributed by atoms with Crippen molar-refractivity contribution < 1.29 is 55.9 Å². The van der Waals surface area contributed by atoms with Crippen molar-refractivity contribution in [1.82, 2.24) is 0 Å². The van der Waals surface area contributed by atoms with Crippen molar-refractivity contribution in [2.75, 3.05) is 0 Å². The average molecular weight is 730 g/mol. The Bertz CT molecular complexity index is 521. The molecule has 0 fully saturated rings. The summed E-state index contributed by atoms with van der Waals surface area (Å²) in [4.78, 5) is 30.3. The van der Waals surface area contributed by atoms with Gasteiger partial charge in [-0.2, -0.15) is 0 Å². The molecule has 0 unspecified atom stereocenters. The maximum absolute atomic E-state index is 10.1. The second-order valence-corrected chi connectivity index (χ2v) is 12.1. The quantitative estimate of drug-likeness (QED) is 0.0538. The second kappa shape index (κ2) is 53.4. The molecule has 0 spiro atoms. The SMILES string of the molecule is C=C[CH2-].CCCCCCCCCCCC(=O)[O-].CCCCCCCCCCCC(=O)[O-].CCCCCCCCCCCC(=O)[O-].[Zr+4]. The summed E-state index contributed by atoms with van der Waals surface area (Å²) >= 11 is 0. The molecule has 0 heterocycles. The van der Waals surface area contributed by atoms with Gasteiger partial charge < -0.3 is 29.7 Å². The molecule has 7 heteroatoms. The fraction of sp³-hybridized carbons (Fsp3) is 0.846. The normalized spacial score (nSPS) is 9.72. The Morgan fingerprint density at radius 1 is 0.413 bits per heavy atom. The van der Waals surface area contributed by atoms with Crippen LogP contribution in [0.15, 0.2) is 12.7 Å². The van der Waals surface area contributed by atoms with Crippen LogP contribution in [0, 0.1) is 6.92 Å². The molecule has 0 amide bonds. The molecule has 0 rings (SSSR count). The van der Waals surface area contributed by atoms with E-state index < -0.39 is 17.9 Å². The molecule has 0 aliphatic heterocycles. The Hall–Kier alpha value is -1.10. The van der Waals surface area contributed by atoms with Crippen LogP contribution >= 0.6 is 0 Å². The Labute approximate surface area is 305 Å². The van der Waals surface area contributed by atoms with Crippen LogP contribution in [0.25, 0.3) is 0 Å². The number of hydrogen-bond acceptors (Lipinski definition) is 6. The van der Waals surface area contributed by atoms with Crippen molar-refractivity contribution in [3.63, 3.8) is 0 Å². The molecule has 0 aliphatic carbocycles. The summed E-state index contributed by atoms with van der Waals surface area (Å²) in [5, 5.41) is 30.3. The fourth-order valence-electron chi connectivity index (χ4n) is 4.74. The van der Waals surface area contributed by atoms with E-state index in [0.29, 0.717) is 0 Å². The molecule has 0 aromatic rings. The molecule has 0 aromatic carbocycles. The number of carboxylic acids is 3. The number of allylic oxidation sites excluding steroid dienone is 1. The first-order chi connectivity index (χ1) is 21.7. The van der Waals surface area contributed by atoms with Crippen molar-refractivity contribution in [1.29, 1.82) is 0 Å². The number of carbonyl (C=O) groups is 3. The van der Waals surface area contributed by atoms with E-state index in [2.05, 4.69) is 34.3 Å².